The van der Waals surface area contributed by atoms with E-state index >= 15 is 0 Å². The van der Waals surface area contributed by atoms with E-state index in [1.54, 1.807) is 0 Å². The molecule has 2 N–H and O–H groups in total. The van der Waals surface area contributed by atoms with E-state index in [2.05, 4.69) is 104 Å². The summed E-state index contributed by atoms with van der Waals surface area (Å²) in [5, 5.41) is 16.9. The Morgan fingerprint density at radius 3 is 2.34 bits per heavy atom. The minimum absolute atomic E-state index is 0.453. The highest BCUT2D eigenvalue weighted by Gasteiger charge is 2.30. The molecule has 1 atom stereocenters. The van der Waals surface area contributed by atoms with Gasteiger partial charge in [0.1, 0.15) is 6.23 Å². The fraction of sp³-hybridized carbons (Fsp3) is 0.281. The molecule has 1 saturated heterocycles. The van der Waals surface area contributed by atoms with Crippen molar-refractivity contribution in [3.05, 3.63) is 102 Å². The van der Waals surface area contributed by atoms with Crippen molar-refractivity contribution in [1.29, 1.82) is 0 Å². The van der Waals surface area contributed by atoms with Gasteiger partial charge in [-0.15, -0.1) is 0 Å². The number of rotatable bonds is 5. The van der Waals surface area contributed by atoms with Crippen LogP contribution in [0.5, 0.6) is 0 Å². The summed E-state index contributed by atoms with van der Waals surface area (Å²) >= 11 is 0. The van der Waals surface area contributed by atoms with Crippen molar-refractivity contribution in [2.75, 3.05) is 19.6 Å². The largest absolute Gasteiger partial charge is 0.374 e. The summed E-state index contributed by atoms with van der Waals surface area (Å²) in [6.07, 6.45) is 7.93. The smallest absolute Gasteiger partial charge is 0.132 e. The maximum absolute atomic E-state index is 11.1. The molecule has 5 heterocycles. The van der Waals surface area contributed by atoms with Gasteiger partial charge in [-0.1, -0.05) is 42.5 Å². The minimum Gasteiger partial charge on any atom is -0.374 e. The van der Waals surface area contributed by atoms with Crippen LogP contribution in [0.3, 0.4) is 0 Å². The molecule has 7 rings (SSSR count). The third-order valence-electron chi connectivity index (χ3n) is 8.39. The second kappa shape index (κ2) is 9.55. The zero-order chi connectivity index (χ0) is 25.6. The van der Waals surface area contributed by atoms with Gasteiger partial charge in [0.15, 0.2) is 0 Å². The quantitative estimate of drug-likeness (QED) is 0.346. The van der Waals surface area contributed by atoms with Gasteiger partial charge in [0, 0.05) is 96.4 Å². The fourth-order valence-corrected chi connectivity index (χ4v) is 6.49. The number of aryl methyl sites for hydroxylation is 1. The summed E-state index contributed by atoms with van der Waals surface area (Å²) in [5.74, 6) is 0. The van der Waals surface area contributed by atoms with Crippen LogP contribution in [-0.4, -0.2) is 50.0 Å². The number of nitrogens with zero attached hydrogens (tertiary/aromatic N) is 4. The topological polar surface area (TPSA) is 58.2 Å². The second-order valence-corrected chi connectivity index (χ2v) is 10.6. The summed E-state index contributed by atoms with van der Waals surface area (Å²) < 4.78 is 4.66. The molecule has 2 aliphatic heterocycles. The van der Waals surface area contributed by atoms with Crippen molar-refractivity contribution in [3.8, 4) is 0 Å². The summed E-state index contributed by atoms with van der Waals surface area (Å²) in [6.45, 7) is 3.69. The van der Waals surface area contributed by atoms with Gasteiger partial charge in [-0.25, -0.2) is 0 Å². The molecule has 6 heteroatoms. The van der Waals surface area contributed by atoms with E-state index in [4.69, 9.17) is 0 Å². The summed E-state index contributed by atoms with van der Waals surface area (Å²) in [4.78, 5) is 7.03. The van der Waals surface area contributed by atoms with E-state index in [1.165, 1.54) is 32.9 Å². The first kappa shape index (κ1) is 23.4. The molecule has 192 valence electrons. The van der Waals surface area contributed by atoms with Gasteiger partial charge < -0.3 is 14.2 Å². The van der Waals surface area contributed by atoms with E-state index in [0.29, 0.717) is 12.6 Å². The normalized spacial score (nSPS) is 19.3. The van der Waals surface area contributed by atoms with Crippen LogP contribution in [-0.2, 0) is 13.6 Å². The van der Waals surface area contributed by atoms with Crippen LogP contribution in [0, 0.1) is 0 Å². The maximum Gasteiger partial charge on any atom is 0.132 e. The standard InChI is InChI=1S/C32H33N5O/c1-35-20-28(25-10-2-4-11-29(25)35)31-26(18-34-32(31)38)27-21-37(30-12-5-3-9-24(27)30)23-13-16-36(17-14-23)19-22-8-6-7-15-33-22/h2-12,15,20-21,23,32,34,38H,13-14,16-19H2,1H3. The SMILES string of the molecule is Cn1cc(C2=C(c3cn(C4CCN(Cc5ccccn5)CC4)c4ccccc34)CNC2O)c2ccccc21. The third-order valence-corrected chi connectivity index (χ3v) is 8.39. The molecule has 38 heavy (non-hydrogen) atoms. The van der Waals surface area contributed by atoms with Gasteiger partial charge in [0.25, 0.3) is 0 Å². The van der Waals surface area contributed by atoms with E-state index in [0.717, 1.165) is 49.3 Å². The molecule has 0 saturated carbocycles. The van der Waals surface area contributed by atoms with Gasteiger partial charge >= 0.3 is 0 Å². The van der Waals surface area contributed by atoms with Crippen molar-refractivity contribution in [3.63, 3.8) is 0 Å². The average Bonchev–Trinajstić information content (AvgIpc) is 3.63. The molecule has 2 aliphatic rings. The molecular formula is C32H33N5O. The maximum atomic E-state index is 11.1. The van der Waals surface area contributed by atoms with E-state index in [1.807, 2.05) is 12.3 Å². The van der Waals surface area contributed by atoms with Crippen molar-refractivity contribution in [2.45, 2.75) is 31.7 Å². The number of hydrogen-bond donors (Lipinski definition) is 2. The minimum atomic E-state index is -0.687. The van der Waals surface area contributed by atoms with Crippen molar-refractivity contribution in [2.24, 2.45) is 7.05 Å². The highest BCUT2D eigenvalue weighted by molar-refractivity contribution is 6.08. The predicted octanol–water partition coefficient (Wildman–Crippen LogP) is 5.20. The predicted molar refractivity (Wildman–Crippen MR) is 153 cm³/mol. The van der Waals surface area contributed by atoms with Gasteiger partial charge in [-0.05, 0) is 42.7 Å². The van der Waals surface area contributed by atoms with E-state index in [-0.39, 0.29) is 0 Å². The van der Waals surface area contributed by atoms with Gasteiger partial charge in [0.05, 0.1) is 5.69 Å². The van der Waals surface area contributed by atoms with Gasteiger partial charge in [0.2, 0.25) is 0 Å². The fourth-order valence-electron chi connectivity index (χ4n) is 6.49. The Kier molecular flexibility index (Phi) is 5.88. The van der Waals surface area contributed by atoms with Crippen LogP contribution < -0.4 is 5.32 Å². The molecule has 2 aromatic carbocycles. The van der Waals surface area contributed by atoms with Crippen molar-refractivity contribution < 1.29 is 5.11 Å². The molecule has 0 amide bonds. The lowest BCUT2D eigenvalue weighted by atomic mass is 9.95. The second-order valence-electron chi connectivity index (χ2n) is 10.6. The van der Waals surface area contributed by atoms with Crippen LogP contribution in [0.15, 0.2) is 85.3 Å². The van der Waals surface area contributed by atoms with Crippen LogP contribution in [0.1, 0.15) is 35.7 Å². The first-order valence-corrected chi connectivity index (χ1v) is 13.6. The van der Waals surface area contributed by atoms with Crippen LogP contribution in [0.2, 0.25) is 0 Å². The Labute approximate surface area is 222 Å². The van der Waals surface area contributed by atoms with Gasteiger partial charge in [-0.2, -0.15) is 0 Å². The number of benzene rings is 2. The van der Waals surface area contributed by atoms with E-state index in [9.17, 15) is 5.11 Å². The van der Waals surface area contributed by atoms with Gasteiger partial charge in [-0.3, -0.25) is 15.2 Å². The summed E-state index contributed by atoms with van der Waals surface area (Å²) in [5.41, 5.74) is 8.11. The molecule has 0 aliphatic carbocycles. The number of aliphatic hydroxyl groups excluding tert-OH is 1. The summed E-state index contributed by atoms with van der Waals surface area (Å²) in [7, 11) is 2.08. The number of hydrogen-bond acceptors (Lipinski definition) is 4. The monoisotopic (exact) mass is 503 g/mol. The molecule has 1 fully saturated rings. The number of nitrogens with one attached hydrogen (secondary N) is 1. The Balaban J connectivity index is 1.25. The Morgan fingerprint density at radius 2 is 1.58 bits per heavy atom. The molecule has 0 spiro atoms. The number of aliphatic hydroxyl groups is 1. The Morgan fingerprint density at radius 1 is 0.868 bits per heavy atom. The highest BCUT2D eigenvalue weighted by atomic mass is 16.3. The average molecular weight is 504 g/mol. The number of likely N-dealkylation sites (tertiary alicyclic amines) is 1. The molecular weight excluding hydrogens is 470 g/mol. The van der Waals surface area contributed by atoms with E-state index < -0.39 is 6.23 Å². The van der Waals surface area contributed by atoms with Crippen LogP contribution >= 0.6 is 0 Å². The zero-order valence-electron chi connectivity index (χ0n) is 21.7. The highest BCUT2D eigenvalue weighted by Crippen LogP contribution is 2.41. The summed E-state index contributed by atoms with van der Waals surface area (Å²) in [6, 6.07) is 23.8. The molecule has 3 aromatic heterocycles. The van der Waals surface area contributed by atoms with Crippen molar-refractivity contribution >= 4 is 33.0 Å². The molecule has 1 unspecified atom stereocenters. The molecule has 0 radical (unpaired) electrons. The lowest BCUT2D eigenvalue weighted by molar-refractivity contribution is 0.180. The first-order valence-electron chi connectivity index (χ1n) is 13.6. The molecule has 5 aromatic rings. The zero-order valence-corrected chi connectivity index (χ0v) is 21.7. The number of piperidine rings is 1. The Bertz CT molecular complexity index is 1640. The third kappa shape index (κ3) is 3.97. The van der Waals surface area contributed by atoms with Crippen molar-refractivity contribution in [1.82, 2.24) is 24.3 Å². The number of aromatic nitrogens is 3. The van der Waals surface area contributed by atoms with Crippen LogP contribution in [0.4, 0.5) is 0 Å². The number of pyridine rings is 1. The molecule has 0 bridgehead atoms. The molecule has 6 nitrogen and oxygen atoms in total. The van der Waals surface area contributed by atoms with Crippen LogP contribution in [0.25, 0.3) is 33.0 Å². The number of para-hydroxylation sites is 2. The lowest BCUT2D eigenvalue weighted by Gasteiger charge is -2.33. The number of fused-ring (bicyclic) bond motifs is 2. The Hall–Kier alpha value is -3.71. The first-order chi connectivity index (χ1) is 18.7. The lowest BCUT2D eigenvalue weighted by Crippen LogP contribution is -2.34.